The summed E-state index contributed by atoms with van der Waals surface area (Å²) in [6.07, 6.45) is 4.83. The number of rotatable bonds is 5. The van der Waals surface area contributed by atoms with E-state index in [2.05, 4.69) is 25.0 Å². The van der Waals surface area contributed by atoms with Crippen LogP contribution in [0.1, 0.15) is 25.4 Å². The molecule has 142 valence electrons. The highest BCUT2D eigenvalue weighted by molar-refractivity contribution is 6.30. The number of pyridine rings is 1. The van der Waals surface area contributed by atoms with E-state index in [1.54, 1.807) is 25.3 Å². The number of hydrogen-bond donors (Lipinski definition) is 0. The van der Waals surface area contributed by atoms with E-state index >= 15 is 0 Å². The summed E-state index contributed by atoms with van der Waals surface area (Å²) in [6.45, 7) is -1.10. The third kappa shape index (κ3) is 3.48. The molecule has 0 N–H and O–H groups in total. The van der Waals surface area contributed by atoms with Crippen molar-refractivity contribution in [1.29, 1.82) is 0 Å². The summed E-state index contributed by atoms with van der Waals surface area (Å²) < 4.78 is 31.7. The molecule has 0 aliphatic carbocycles. The van der Waals surface area contributed by atoms with E-state index in [9.17, 15) is 8.78 Å². The number of ether oxygens (including phenoxy) is 1. The molecular weight excluding hydrogens is 390 g/mol. The Balaban J connectivity index is 1.71. The van der Waals surface area contributed by atoms with E-state index in [-0.39, 0.29) is 5.82 Å². The summed E-state index contributed by atoms with van der Waals surface area (Å²) in [4.78, 5) is 16.7. The van der Waals surface area contributed by atoms with Crippen molar-refractivity contribution in [3.63, 3.8) is 0 Å². The Morgan fingerprint density at radius 1 is 1.14 bits per heavy atom. The van der Waals surface area contributed by atoms with Gasteiger partial charge in [0.25, 0.3) is 0 Å². The number of benzene rings is 1. The fourth-order valence-electron chi connectivity index (χ4n) is 2.71. The number of fused-ring (bicyclic) bond motifs is 1. The normalized spacial score (nSPS) is 12.5. The molecule has 0 radical (unpaired) electrons. The molecule has 3 heterocycles. The topological polar surface area (TPSA) is 78.6 Å². The van der Waals surface area contributed by atoms with Gasteiger partial charge in [-0.25, -0.2) is 15.0 Å². The second-order valence-corrected chi connectivity index (χ2v) is 6.32. The number of nitrogens with zero attached hydrogens (tertiary/aromatic N) is 6. The lowest BCUT2D eigenvalue weighted by molar-refractivity contribution is 0.0550. The fourth-order valence-corrected chi connectivity index (χ4v) is 2.90. The molecule has 28 heavy (non-hydrogen) atoms. The van der Waals surface area contributed by atoms with Gasteiger partial charge in [-0.3, -0.25) is 4.98 Å². The Morgan fingerprint density at radius 3 is 2.75 bits per heavy atom. The molecule has 0 saturated carbocycles. The summed E-state index contributed by atoms with van der Waals surface area (Å²) in [5, 5.41) is 4.92. The van der Waals surface area contributed by atoms with Crippen LogP contribution in [0.3, 0.4) is 0 Å². The van der Waals surface area contributed by atoms with Crippen molar-refractivity contribution in [1.82, 2.24) is 29.7 Å². The smallest absolute Gasteiger partial charge is 0.334 e. The van der Waals surface area contributed by atoms with Gasteiger partial charge >= 0.3 is 6.55 Å². The molecular formula is C18H13ClF2N6O. The molecule has 10 heteroatoms. The zero-order valence-corrected chi connectivity index (χ0v) is 15.3. The lowest BCUT2D eigenvalue weighted by Gasteiger charge is -2.14. The van der Waals surface area contributed by atoms with Crippen LogP contribution in [-0.2, 0) is 0 Å². The van der Waals surface area contributed by atoms with Gasteiger partial charge in [-0.1, -0.05) is 23.7 Å². The number of hydrogen-bond acceptors (Lipinski definition) is 6. The Hall–Kier alpha value is -3.20. The Labute approximate surface area is 163 Å². The average Bonchev–Trinajstić information content (AvgIpc) is 3.19. The second kappa shape index (κ2) is 7.43. The van der Waals surface area contributed by atoms with E-state index in [1.165, 1.54) is 12.5 Å². The summed E-state index contributed by atoms with van der Waals surface area (Å²) in [5.41, 5.74) is 2.00. The molecule has 0 aliphatic rings. The SMILES string of the molecule is C[C@@H](Oc1cnc(-c2cccc(Cl)c2)c2ncncc12)c1ncn(C(F)F)n1. The summed E-state index contributed by atoms with van der Waals surface area (Å²) in [7, 11) is 0. The lowest BCUT2D eigenvalue weighted by atomic mass is 10.1. The van der Waals surface area contributed by atoms with Crippen LogP contribution in [0.2, 0.25) is 5.02 Å². The maximum Gasteiger partial charge on any atom is 0.334 e. The van der Waals surface area contributed by atoms with Crippen molar-refractivity contribution < 1.29 is 13.5 Å². The van der Waals surface area contributed by atoms with E-state index in [1.807, 2.05) is 12.1 Å². The van der Waals surface area contributed by atoms with Gasteiger partial charge < -0.3 is 4.74 Å². The lowest BCUT2D eigenvalue weighted by Crippen LogP contribution is -2.08. The van der Waals surface area contributed by atoms with Crippen molar-refractivity contribution in [3.05, 3.63) is 60.2 Å². The van der Waals surface area contributed by atoms with Gasteiger partial charge in [-0.2, -0.15) is 13.5 Å². The predicted octanol–water partition coefficient (Wildman–Crippen LogP) is 4.47. The largest absolute Gasteiger partial charge is 0.480 e. The van der Waals surface area contributed by atoms with E-state index in [4.69, 9.17) is 16.3 Å². The molecule has 1 atom stereocenters. The maximum atomic E-state index is 12.7. The first-order valence-corrected chi connectivity index (χ1v) is 8.61. The minimum Gasteiger partial charge on any atom is -0.480 e. The molecule has 0 fully saturated rings. The molecule has 7 nitrogen and oxygen atoms in total. The molecule has 0 unspecified atom stereocenters. The number of aromatic nitrogens is 6. The van der Waals surface area contributed by atoms with Crippen molar-refractivity contribution >= 4 is 22.5 Å². The van der Waals surface area contributed by atoms with Gasteiger partial charge in [0.15, 0.2) is 11.9 Å². The Kier molecular flexibility index (Phi) is 4.82. The van der Waals surface area contributed by atoms with Gasteiger partial charge in [0.1, 0.15) is 23.9 Å². The van der Waals surface area contributed by atoms with Gasteiger partial charge in [-0.05, 0) is 19.1 Å². The highest BCUT2D eigenvalue weighted by Gasteiger charge is 2.19. The molecule has 4 aromatic rings. The van der Waals surface area contributed by atoms with Crippen molar-refractivity contribution in [2.75, 3.05) is 0 Å². The van der Waals surface area contributed by atoms with Crippen molar-refractivity contribution in [2.45, 2.75) is 19.6 Å². The first-order chi connectivity index (χ1) is 13.5. The molecule has 0 bridgehead atoms. The minimum absolute atomic E-state index is 0.129. The van der Waals surface area contributed by atoms with Crippen LogP contribution < -0.4 is 4.74 Å². The van der Waals surface area contributed by atoms with Crippen LogP contribution in [0.25, 0.3) is 22.2 Å². The highest BCUT2D eigenvalue weighted by atomic mass is 35.5. The quantitative estimate of drug-likeness (QED) is 0.490. The van der Waals surface area contributed by atoms with Crippen LogP contribution in [0, 0.1) is 0 Å². The molecule has 0 saturated heterocycles. The van der Waals surface area contributed by atoms with Gasteiger partial charge in [0.05, 0.1) is 17.3 Å². The second-order valence-electron chi connectivity index (χ2n) is 5.89. The minimum atomic E-state index is -2.76. The van der Waals surface area contributed by atoms with Crippen LogP contribution in [0.15, 0.2) is 49.3 Å². The van der Waals surface area contributed by atoms with Crippen molar-refractivity contribution in [3.8, 4) is 17.0 Å². The first-order valence-electron chi connectivity index (χ1n) is 8.23. The van der Waals surface area contributed by atoms with Gasteiger partial charge in [0.2, 0.25) is 0 Å². The summed E-state index contributed by atoms with van der Waals surface area (Å²) in [5.74, 6) is 0.520. The average molecular weight is 403 g/mol. The van der Waals surface area contributed by atoms with Crippen molar-refractivity contribution in [2.24, 2.45) is 0 Å². The zero-order valence-electron chi connectivity index (χ0n) is 14.5. The van der Waals surface area contributed by atoms with Crippen LogP contribution in [-0.4, -0.2) is 29.7 Å². The number of halogens is 3. The Bertz CT molecular complexity index is 1140. The third-order valence-electron chi connectivity index (χ3n) is 4.00. The molecule has 3 aromatic heterocycles. The summed E-state index contributed by atoms with van der Waals surface area (Å²) in [6, 6.07) is 7.26. The molecule has 0 aliphatic heterocycles. The molecule has 0 spiro atoms. The van der Waals surface area contributed by atoms with E-state index in [0.29, 0.717) is 32.1 Å². The fraction of sp³-hybridized carbons (Fsp3) is 0.167. The first kappa shape index (κ1) is 18.2. The maximum absolute atomic E-state index is 12.7. The third-order valence-corrected chi connectivity index (χ3v) is 4.24. The van der Waals surface area contributed by atoms with Crippen LogP contribution >= 0.6 is 11.6 Å². The van der Waals surface area contributed by atoms with Crippen LogP contribution in [0.5, 0.6) is 5.75 Å². The van der Waals surface area contributed by atoms with Gasteiger partial charge in [0, 0.05) is 16.8 Å². The number of alkyl halides is 2. The highest BCUT2D eigenvalue weighted by Crippen LogP contribution is 2.33. The Morgan fingerprint density at radius 2 is 2.00 bits per heavy atom. The van der Waals surface area contributed by atoms with E-state index < -0.39 is 12.7 Å². The predicted molar refractivity (Wildman–Crippen MR) is 98.1 cm³/mol. The monoisotopic (exact) mass is 402 g/mol. The molecule has 0 amide bonds. The van der Waals surface area contributed by atoms with E-state index in [0.717, 1.165) is 11.9 Å². The van der Waals surface area contributed by atoms with Crippen LogP contribution in [0.4, 0.5) is 8.78 Å². The molecule has 4 rings (SSSR count). The summed E-state index contributed by atoms with van der Waals surface area (Å²) >= 11 is 6.08. The zero-order chi connectivity index (χ0) is 19.7. The standard InChI is InChI=1S/C18H13ClF2N6O/c1-10(17-25-9-27(26-17)18(20)21)28-14-7-23-15(11-3-2-4-12(19)5-11)16-13(14)6-22-8-24-16/h2-10,18H,1H3/t10-/m1/s1. The van der Waals surface area contributed by atoms with Gasteiger partial charge in [-0.15, -0.1) is 5.10 Å². The molecule has 1 aromatic carbocycles.